The molecule has 2 fully saturated rings. The highest BCUT2D eigenvalue weighted by Crippen LogP contribution is 2.34. The van der Waals surface area contributed by atoms with E-state index in [9.17, 15) is 4.79 Å². The summed E-state index contributed by atoms with van der Waals surface area (Å²) in [5.74, 6) is 1.58. The van der Waals surface area contributed by atoms with Crippen LogP contribution in [0.2, 0.25) is 0 Å². The van der Waals surface area contributed by atoms with Gasteiger partial charge < -0.3 is 9.88 Å². The van der Waals surface area contributed by atoms with Gasteiger partial charge in [0.2, 0.25) is 0 Å². The monoisotopic (exact) mass is 442 g/mol. The first kappa shape index (κ1) is 24.0. The predicted molar refractivity (Wildman–Crippen MR) is 130 cm³/mol. The summed E-state index contributed by atoms with van der Waals surface area (Å²) in [6.45, 7) is 7.63. The van der Waals surface area contributed by atoms with Gasteiger partial charge in [-0.3, -0.25) is 9.78 Å². The maximum atomic E-state index is 10.9. The predicted octanol–water partition coefficient (Wildman–Crippen LogP) is 5.34. The maximum Gasteiger partial charge on any atom is 0.166 e. The van der Waals surface area contributed by atoms with Gasteiger partial charge in [0, 0.05) is 55.1 Å². The number of aldehydes is 1. The molecule has 31 heavy (non-hydrogen) atoms. The molecule has 170 valence electrons. The molecule has 1 saturated heterocycles. The van der Waals surface area contributed by atoms with Crippen molar-refractivity contribution in [1.82, 2.24) is 19.2 Å². The van der Waals surface area contributed by atoms with E-state index >= 15 is 0 Å². The van der Waals surface area contributed by atoms with E-state index in [1.807, 2.05) is 37.0 Å². The second kappa shape index (κ2) is 11.8. The normalized spacial score (nSPS) is 18.1. The van der Waals surface area contributed by atoms with Crippen molar-refractivity contribution < 1.29 is 4.79 Å². The topological polar surface area (TPSA) is 50.2 Å². The molecule has 0 unspecified atom stereocenters. The molecule has 2 aliphatic rings. The second-order valence-electron chi connectivity index (χ2n) is 8.96. The number of hydrogen-bond donors (Lipinski definition) is 1. The van der Waals surface area contributed by atoms with Crippen LogP contribution in [0.3, 0.4) is 0 Å². The molecular formula is C25H38N4OS. The quantitative estimate of drug-likeness (QED) is 0.483. The Morgan fingerprint density at radius 3 is 2.55 bits per heavy atom. The zero-order valence-corrected chi connectivity index (χ0v) is 20.4. The average Bonchev–Trinajstić information content (AvgIpc) is 3.41. The van der Waals surface area contributed by atoms with E-state index in [-0.39, 0.29) is 0 Å². The number of nitrogens with one attached hydrogen (secondary N) is 1. The fourth-order valence-electron chi connectivity index (χ4n) is 4.47. The van der Waals surface area contributed by atoms with Crippen molar-refractivity contribution in [2.24, 2.45) is 13.0 Å². The van der Waals surface area contributed by atoms with Crippen LogP contribution < -0.4 is 5.32 Å². The van der Waals surface area contributed by atoms with Crippen molar-refractivity contribution in [3.05, 3.63) is 47.0 Å². The smallest absolute Gasteiger partial charge is 0.166 e. The van der Waals surface area contributed by atoms with Gasteiger partial charge in [-0.25, -0.2) is 4.31 Å². The lowest BCUT2D eigenvalue weighted by atomic mass is 9.98. The van der Waals surface area contributed by atoms with Gasteiger partial charge in [-0.05, 0) is 75.2 Å². The van der Waals surface area contributed by atoms with Crippen molar-refractivity contribution >= 4 is 18.2 Å². The zero-order valence-electron chi connectivity index (χ0n) is 19.6. The molecule has 0 atom stereocenters. The highest BCUT2D eigenvalue weighted by molar-refractivity contribution is 7.97. The molecule has 0 spiro atoms. The summed E-state index contributed by atoms with van der Waals surface area (Å²) in [6, 6.07) is 6.22. The molecule has 0 radical (unpaired) electrons. The summed E-state index contributed by atoms with van der Waals surface area (Å²) in [6.07, 6.45) is 10.8. The van der Waals surface area contributed by atoms with Gasteiger partial charge in [-0.2, -0.15) is 0 Å². The van der Waals surface area contributed by atoms with Crippen LogP contribution in [-0.2, 0) is 13.6 Å². The third-order valence-electron chi connectivity index (χ3n) is 6.65. The lowest BCUT2D eigenvalue weighted by Crippen LogP contribution is -2.27. The van der Waals surface area contributed by atoms with Gasteiger partial charge in [-0.15, -0.1) is 0 Å². The highest BCUT2D eigenvalue weighted by atomic mass is 32.2. The van der Waals surface area contributed by atoms with Crippen molar-refractivity contribution in [3.8, 4) is 0 Å². The van der Waals surface area contributed by atoms with Crippen LogP contribution in [0.15, 0.2) is 29.3 Å². The Balaban J connectivity index is 0.000000179. The van der Waals surface area contributed by atoms with Crippen LogP contribution in [0, 0.1) is 12.8 Å². The van der Waals surface area contributed by atoms with Gasteiger partial charge in [0.05, 0.1) is 5.69 Å². The first-order valence-corrected chi connectivity index (χ1v) is 12.4. The molecule has 1 aliphatic heterocycles. The van der Waals surface area contributed by atoms with Crippen molar-refractivity contribution in [2.75, 3.05) is 20.1 Å². The summed E-state index contributed by atoms with van der Waals surface area (Å²) in [4.78, 5) is 16.6. The summed E-state index contributed by atoms with van der Waals surface area (Å²) in [5, 5.41) is 3.21. The lowest BCUT2D eigenvalue weighted by molar-refractivity contribution is 0.111. The second-order valence-corrected chi connectivity index (χ2v) is 10.1. The Labute approximate surface area is 192 Å². The minimum atomic E-state index is 0.722. The SMILES string of the molecule is CNCc1cccnc1C1CCCC1.Cc1c(SN2CCC(C)CC2)cc(C=O)n1C. The van der Waals surface area contributed by atoms with Crippen LogP contribution in [0.25, 0.3) is 0 Å². The molecule has 6 heteroatoms. The Hall–Kier alpha value is -1.63. The molecule has 5 nitrogen and oxygen atoms in total. The first-order chi connectivity index (χ1) is 15.0. The molecular weight excluding hydrogens is 404 g/mol. The molecule has 1 aliphatic carbocycles. The van der Waals surface area contributed by atoms with E-state index in [4.69, 9.17) is 0 Å². The Morgan fingerprint density at radius 2 is 1.94 bits per heavy atom. The van der Waals surface area contributed by atoms with Gasteiger partial charge in [0.15, 0.2) is 6.29 Å². The molecule has 2 aromatic heterocycles. The Bertz CT molecular complexity index is 836. The number of piperidine rings is 1. The Morgan fingerprint density at radius 1 is 1.23 bits per heavy atom. The molecule has 4 rings (SSSR count). The standard InChI is InChI=1S/C13H20N2OS.C12H18N2/c1-10-4-6-15(7-5-10)17-13-8-12(9-16)14(3)11(13)2;1-13-9-11-7-4-8-14-12(11)10-5-2-3-6-10/h8-10H,4-7H2,1-3H3;4,7-8,10,13H,2-3,5-6,9H2,1H3. The number of carbonyl (C=O) groups excluding carboxylic acids is 1. The minimum absolute atomic E-state index is 0.722. The van der Waals surface area contributed by atoms with Crippen molar-refractivity contribution in [1.29, 1.82) is 0 Å². The van der Waals surface area contributed by atoms with E-state index in [0.717, 1.165) is 43.5 Å². The third-order valence-corrected chi connectivity index (χ3v) is 7.89. The summed E-state index contributed by atoms with van der Waals surface area (Å²) < 4.78 is 4.37. The maximum absolute atomic E-state index is 10.9. The first-order valence-electron chi connectivity index (χ1n) is 11.7. The van der Waals surface area contributed by atoms with Crippen molar-refractivity contribution in [2.45, 2.75) is 69.7 Å². The van der Waals surface area contributed by atoms with Gasteiger partial charge in [-0.1, -0.05) is 25.8 Å². The van der Waals surface area contributed by atoms with E-state index in [2.05, 4.69) is 34.5 Å². The van der Waals surface area contributed by atoms with Crippen LogP contribution in [-0.4, -0.2) is 40.3 Å². The summed E-state index contributed by atoms with van der Waals surface area (Å²) in [7, 11) is 3.94. The van der Waals surface area contributed by atoms with E-state index in [1.54, 1.807) is 11.9 Å². The number of aromatic nitrogens is 2. The van der Waals surface area contributed by atoms with E-state index in [1.165, 1.54) is 60.4 Å². The fourth-order valence-corrected chi connectivity index (χ4v) is 5.59. The number of nitrogens with zero attached hydrogens (tertiary/aromatic N) is 3. The van der Waals surface area contributed by atoms with Crippen LogP contribution in [0.4, 0.5) is 0 Å². The average molecular weight is 443 g/mol. The number of hydrogen-bond acceptors (Lipinski definition) is 5. The molecule has 0 amide bonds. The summed E-state index contributed by atoms with van der Waals surface area (Å²) in [5.41, 5.74) is 4.65. The fraction of sp³-hybridized carbons (Fsp3) is 0.600. The van der Waals surface area contributed by atoms with E-state index < -0.39 is 0 Å². The third kappa shape index (κ3) is 6.43. The van der Waals surface area contributed by atoms with Crippen LogP contribution >= 0.6 is 11.9 Å². The van der Waals surface area contributed by atoms with Gasteiger partial charge in [0.1, 0.15) is 0 Å². The molecule has 1 saturated carbocycles. The number of pyridine rings is 1. The van der Waals surface area contributed by atoms with Gasteiger partial charge >= 0.3 is 0 Å². The van der Waals surface area contributed by atoms with Gasteiger partial charge in [0.25, 0.3) is 0 Å². The summed E-state index contributed by atoms with van der Waals surface area (Å²) >= 11 is 1.80. The molecule has 2 aromatic rings. The lowest BCUT2D eigenvalue weighted by Gasteiger charge is -2.28. The largest absolute Gasteiger partial charge is 0.345 e. The van der Waals surface area contributed by atoms with Crippen LogP contribution in [0.1, 0.15) is 78.8 Å². The van der Waals surface area contributed by atoms with Crippen LogP contribution in [0.5, 0.6) is 0 Å². The van der Waals surface area contributed by atoms with E-state index in [0.29, 0.717) is 0 Å². The van der Waals surface area contributed by atoms with Crippen molar-refractivity contribution in [3.63, 3.8) is 0 Å². The molecule has 0 aromatic carbocycles. The minimum Gasteiger partial charge on any atom is -0.345 e. The number of carbonyl (C=O) groups is 1. The highest BCUT2D eigenvalue weighted by Gasteiger charge is 2.20. The molecule has 0 bridgehead atoms. The Kier molecular flexibility index (Phi) is 9.17. The molecule has 3 heterocycles. The zero-order chi connectivity index (χ0) is 22.2. The molecule has 1 N–H and O–H groups in total. The number of rotatable bonds is 6.